The van der Waals surface area contributed by atoms with Gasteiger partial charge in [0.25, 0.3) is 0 Å². The number of hydrogen-bond acceptors (Lipinski definition) is 2. The van der Waals surface area contributed by atoms with Crippen LogP contribution in [-0.4, -0.2) is 24.5 Å². The van der Waals surface area contributed by atoms with Gasteiger partial charge in [-0.25, -0.2) is 0 Å². The van der Waals surface area contributed by atoms with Crippen LogP contribution in [0, 0.1) is 5.92 Å². The van der Waals surface area contributed by atoms with Gasteiger partial charge < -0.3 is 10.6 Å². The normalized spacial score (nSPS) is 19.7. The van der Waals surface area contributed by atoms with Crippen molar-refractivity contribution in [2.24, 2.45) is 5.92 Å². The minimum atomic E-state index is -0.0991. The first kappa shape index (κ1) is 10.5. The molecule has 1 unspecified atom stereocenters. The van der Waals surface area contributed by atoms with Crippen LogP contribution < -0.4 is 10.6 Å². The van der Waals surface area contributed by atoms with Gasteiger partial charge in [-0.3, -0.25) is 4.79 Å². The van der Waals surface area contributed by atoms with Crippen molar-refractivity contribution in [2.45, 2.75) is 45.2 Å². The van der Waals surface area contributed by atoms with E-state index in [1.54, 1.807) is 7.05 Å². The van der Waals surface area contributed by atoms with Gasteiger partial charge in [0, 0.05) is 5.54 Å². The average Bonchev–Trinajstić information content (AvgIpc) is 2.84. The topological polar surface area (TPSA) is 41.1 Å². The number of hydrogen-bond donors (Lipinski definition) is 2. The van der Waals surface area contributed by atoms with E-state index in [1.165, 1.54) is 12.8 Å². The summed E-state index contributed by atoms with van der Waals surface area (Å²) < 4.78 is 0. The summed E-state index contributed by atoms with van der Waals surface area (Å²) in [6.45, 7) is 6.08. The Balaban J connectivity index is 2.42. The van der Waals surface area contributed by atoms with E-state index in [0.29, 0.717) is 5.92 Å². The molecule has 0 radical (unpaired) electrons. The predicted molar refractivity (Wildman–Crippen MR) is 53.5 cm³/mol. The molecule has 1 rings (SSSR count). The highest BCUT2D eigenvalue weighted by molar-refractivity contribution is 5.82. The second-order valence-electron chi connectivity index (χ2n) is 4.50. The van der Waals surface area contributed by atoms with Crippen LogP contribution in [0.1, 0.15) is 33.6 Å². The molecule has 3 heteroatoms. The van der Waals surface area contributed by atoms with E-state index in [-0.39, 0.29) is 17.5 Å². The number of carbonyl (C=O) groups is 1. The molecule has 0 spiro atoms. The first-order valence-electron chi connectivity index (χ1n) is 4.96. The maximum Gasteiger partial charge on any atom is 0.237 e. The van der Waals surface area contributed by atoms with E-state index < -0.39 is 0 Å². The molecule has 0 aromatic carbocycles. The fourth-order valence-electron chi connectivity index (χ4n) is 1.46. The van der Waals surface area contributed by atoms with Crippen molar-refractivity contribution in [1.29, 1.82) is 0 Å². The van der Waals surface area contributed by atoms with Gasteiger partial charge in [-0.05, 0) is 46.6 Å². The smallest absolute Gasteiger partial charge is 0.237 e. The van der Waals surface area contributed by atoms with Gasteiger partial charge in [-0.2, -0.15) is 0 Å². The lowest BCUT2D eigenvalue weighted by molar-refractivity contribution is -0.124. The molecule has 0 saturated heterocycles. The van der Waals surface area contributed by atoms with Crippen LogP contribution in [0.2, 0.25) is 0 Å². The first-order valence-corrected chi connectivity index (χ1v) is 4.96. The molecule has 1 amide bonds. The molecule has 1 atom stereocenters. The maximum absolute atomic E-state index is 11.5. The van der Waals surface area contributed by atoms with E-state index in [2.05, 4.69) is 24.5 Å². The zero-order valence-electron chi connectivity index (χ0n) is 8.98. The molecule has 1 saturated carbocycles. The molecule has 13 heavy (non-hydrogen) atoms. The highest BCUT2D eigenvalue weighted by Gasteiger charge is 2.39. The Hall–Kier alpha value is -0.570. The van der Waals surface area contributed by atoms with Crippen molar-refractivity contribution in [3.05, 3.63) is 0 Å². The lowest BCUT2D eigenvalue weighted by Crippen LogP contribution is -2.51. The number of amides is 1. The highest BCUT2D eigenvalue weighted by atomic mass is 16.2. The maximum atomic E-state index is 11.5. The van der Waals surface area contributed by atoms with Gasteiger partial charge in [-0.15, -0.1) is 0 Å². The molecule has 1 fully saturated rings. The van der Waals surface area contributed by atoms with Crippen molar-refractivity contribution < 1.29 is 4.79 Å². The lowest BCUT2D eigenvalue weighted by atomic mass is 9.98. The molecular weight excluding hydrogens is 164 g/mol. The van der Waals surface area contributed by atoms with Crippen LogP contribution >= 0.6 is 0 Å². The molecular formula is C10H20N2O. The summed E-state index contributed by atoms with van der Waals surface area (Å²) in [5.74, 6) is 0.778. The van der Waals surface area contributed by atoms with Gasteiger partial charge in [-0.1, -0.05) is 0 Å². The monoisotopic (exact) mass is 184 g/mol. The standard InChI is InChI=1S/C10H20N2O/c1-7(11-4)9(13)12-10(2,3)8-5-6-8/h7-8,11H,5-6H2,1-4H3,(H,12,13). The Kier molecular flexibility index (Phi) is 2.96. The Morgan fingerprint density at radius 3 is 2.38 bits per heavy atom. The van der Waals surface area contributed by atoms with Crippen molar-refractivity contribution in [3.8, 4) is 0 Å². The fraction of sp³-hybridized carbons (Fsp3) is 0.900. The molecule has 3 nitrogen and oxygen atoms in total. The summed E-state index contributed by atoms with van der Waals surface area (Å²) in [4.78, 5) is 11.5. The zero-order valence-corrected chi connectivity index (χ0v) is 8.98. The summed E-state index contributed by atoms with van der Waals surface area (Å²) in [5.41, 5.74) is -0.0256. The second-order valence-corrected chi connectivity index (χ2v) is 4.50. The van der Waals surface area contributed by atoms with Crippen molar-refractivity contribution in [3.63, 3.8) is 0 Å². The van der Waals surface area contributed by atoms with Crippen LogP contribution in [0.4, 0.5) is 0 Å². The van der Waals surface area contributed by atoms with Crippen LogP contribution in [0.3, 0.4) is 0 Å². The van der Waals surface area contributed by atoms with E-state index in [1.807, 2.05) is 6.92 Å². The van der Waals surface area contributed by atoms with E-state index in [0.717, 1.165) is 0 Å². The summed E-state index contributed by atoms with van der Waals surface area (Å²) >= 11 is 0. The van der Waals surface area contributed by atoms with E-state index in [4.69, 9.17) is 0 Å². The van der Waals surface area contributed by atoms with Gasteiger partial charge >= 0.3 is 0 Å². The van der Waals surface area contributed by atoms with Crippen molar-refractivity contribution >= 4 is 5.91 Å². The minimum Gasteiger partial charge on any atom is -0.350 e. The zero-order chi connectivity index (χ0) is 10.1. The number of nitrogens with one attached hydrogen (secondary N) is 2. The molecule has 0 bridgehead atoms. The summed E-state index contributed by atoms with van der Waals surface area (Å²) in [5, 5.41) is 6.00. The van der Waals surface area contributed by atoms with E-state index >= 15 is 0 Å². The fourth-order valence-corrected chi connectivity index (χ4v) is 1.46. The summed E-state index contributed by atoms with van der Waals surface area (Å²) in [6, 6.07) is -0.0991. The van der Waals surface area contributed by atoms with E-state index in [9.17, 15) is 4.79 Å². The molecule has 0 aromatic rings. The van der Waals surface area contributed by atoms with Gasteiger partial charge in [0.05, 0.1) is 6.04 Å². The number of likely N-dealkylation sites (N-methyl/N-ethyl adjacent to an activating group) is 1. The van der Waals surface area contributed by atoms with Crippen LogP contribution in [-0.2, 0) is 4.79 Å². The SMILES string of the molecule is CNC(C)C(=O)NC(C)(C)C1CC1. The minimum absolute atomic E-state index is 0.0256. The van der Waals surface area contributed by atoms with Gasteiger partial charge in [0.1, 0.15) is 0 Å². The molecule has 1 aliphatic rings. The molecule has 76 valence electrons. The second kappa shape index (κ2) is 3.66. The van der Waals surface area contributed by atoms with Crippen LogP contribution in [0.25, 0.3) is 0 Å². The van der Waals surface area contributed by atoms with Crippen LogP contribution in [0.15, 0.2) is 0 Å². The highest BCUT2D eigenvalue weighted by Crippen LogP contribution is 2.39. The Labute approximate surface area is 80.3 Å². The van der Waals surface area contributed by atoms with Gasteiger partial charge in [0.15, 0.2) is 0 Å². The Bertz CT molecular complexity index is 197. The average molecular weight is 184 g/mol. The molecule has 0 aromatic heterocycles. The predicted octanol–water partition coefficient (Wildman–Crippen LogP) is 0.899. The molecule has 1 aliphatic carbocycles. The van der Waals surface area contributed by atoms with Crippen molar-refractivity contribution in [2.75, 3.05) is 7.05 Å². The Morgan fingerprint density at radius 2 is 2.00 bits per heavy atom. The quantitative estimate of drug-likeness (QED) is 0.681. The summed E-state index contributed by atoms with van der Waals surface area (Å²) in [6.07, 6.45) is 2.50. The molecule has 2 N–H and O–H groups in total. The first-order chi connectivity index (χ1) is 5.97. The van der Waals surface area contributed by atoms with Crippen molar-refractivity contribution in [1.82, 2.24) is 10.6 Å². The Morgan fingerprint density at radius 1 is 1.46 bits per heavy atom. The lowest BCUT2D eigenvalue weighted by Gasteiger charge is -2.27. The number of rotatable bonds is 4. The van der Waals surface area contributed by atoms with Crippen LogP contribution in [0.5, 0.6) is 0 Å². The molecule has 0 aliphatic heterocycles. The molecule has 0 heterocycles. The number of carbonyl (C=O) groups excluding carboxylic acids is 1. The largest absolute Gasteiger partial charge is 0.350 e. The third kappa shape index (κ3) is 2.69. The third-order valence-electron chi connectivity index (χ3n) is 2.87. The summed E-state index contributed by atoms with van der Waals surface area (Å²) in [7, 11) is 1.80. The third-order valence-corrected chi connectivity index (χ3v) is 2.87. The van der Waals surface area contributed by atoms with Gasteiger partial charge in [0.2, 0.25) is 5.91 Å².